The normalized spacial score (nSPS) is 10.9. The Bertz CT molecular complexity index is 753. The van der Waals surface area contributed by atoms with Crippen LogP contribution in [0.4, 0.5) is 5.95 Å². The van der Waals surface area contributed by atoms with E-state index in [0.717, 1.165) is 16.8 Å². The number of nitrogens with two attached hydrogens (primary N) is 1. The number of aromatic nitrogens is 4. The van der Waals surface area contributed by atoms with Crippen molar-refractivity contribution in [2.75, 3.05) is 12.8 Å². The minimum absolute atomic E-state index is 0.154. The van der Waals surface area contributed by atoms with Crippen LogP contribution in [0.15, 0.2) is 30.6 Å². The average molecular weight is 291 g/mol. The van der Waals surface area contributed by atoms with Gasteiger partial charge in [0.15, 0.2) is 5.15 Å². The molecule has 0 aliphatic rings. The molecule has 1 aromatic carbocycles. The maximum absolute atomic E-state index is 6.13. The number of methoxy groups -OCH3 is 1. The lowest BCUT2D eigenvalue weighted by atomic mass is 10.2. The molecular formula is C13H13ClN5O+. The van der Waals surface area contributed by atoms with Gasteiger partial charge in [-0.3, -0.25) is 0 Å². The zero-order valence-corrected chi connectivity index (χ0v) is 11.6. The van der Waals surface area contributed by atoms with Crippen molar-refractivity contribution in [3.8, 4) is 5.75 Å². The third kappa shape index (κ3) is 2.25. The predicted molar refractivity (Wildman–Crippen MR) is 75.6 cm³/mol. The van der Waals surface area contributed by atoms with Crippen LogP contribution in [0.5, 0.6) is 5.75 Å². The number of hydrogen-bond acceptors (Lipinski definition) is 4. The second-order valence-corrected chi connectivity index (χ2v) is 4.68. The summed E-state index contributed by atoms with van der Waals surface area (Å²) in [7, 11) is 1.64. The molecule has 6 nitrogen and oxygen atoms in total. The van der Waals surface area contributed by atoms with Crippen LogP contribution in [0.2, 0.25) is 5.15 Å². The van der Waals surface area contributed by atoms with Crippen molar-refractivity contribution in [1.29, 1.82) is 0 Å². The van der Waals surface area contributed by atoms with Crippen molar-refractivity contribution in [2.24, 2.45) is 0 Å². The Morgan fingerprint density at radius 3 is 2.75 bits per heavy atom. The number of benzene rings is 1. The molecule has 3 N–H and O–H groups in total. The molecule has 0 aliphatic carbocycles. The van der Waals surface area contributed by atoms with Gasteiger partial charge in [-0.25, -0.2) is 9.55 Å². The highest BCUT2D eigenvalue weighted by Gasteiger charge is 2.17. The molecule has 0 bridgehead atoms. The number of nitrogen functional groups attached to an aromatic ring is 1. The largest absolute Gasteiger partial charge is 0.497 e. The number of rotatable bonds is 3. The first-order valence-corrected chi connectivity index (χ1v) is 6.37. The van der Waals surface area contributed by atoms with E-state index in [1.54, 1.807) is 13.4 Å². The fraction of sp³-hybridized carbons (Fsp3) is 0.154. The molecule has 0 fully saturated rings. The number of anilines is 1. The van der Waals surface area contributed by atoms with Gasteiger partial charge in [-0.1, -0.05) is 23.7 Å². The van der Waals surface area contributed by atoms with Gasteiger partial charge in [-0.15, -0.1) is 0 Å². The first kappa shape index (κ1) is 12.7. The van der Waals surface area contributed by atoms with Crippen molar-refractivity contribution in [2.45, 2.75) is 6.54 Å². The van der Waals surface area contributed by atoms with Crippen molar-refractivity contribution in [1.82, 2.24) is 15.0 Å². The van der Waals surface area contributed by atoms with Gasteiger partial charge in [0.2, 0.25) is 17.8 Å². The molecule has 0 spiro atoms. The second-order valence-electron chi connectivity index (χ2n) is 4.32. The van der Waals surface area contributed by atoms with Crippen LogP contribution < -0.4 is 15.0 Å². The Kier molecular flexibility index (Phi) is 3.15. The van der Waals surface area contributed by atoms with Crippen molar-refractivity contribution < 1.29 is 9.30 Å². The smallest absolute Gasteiger partial charge is 0.272 e. The zero-order chi connectivity index (χ0) is 14.1. The molecule has 0 atom stereocenters. The molecule has 20 heavy (non-hydrogen) atoms. The summed E-state index contributed by atoms with van der Waals surface area (Å²) in [5.74, 6) is 0.979. The zero-order valence-electron chi connectivity index (χ0n) is 10.8. The Balaban J connectivity index is 1.98. The van der Waals surface area contributed by atoms with E-state index in [1.807, 2.05) is 28.8 Å². The number of nitrogens with one attached hydrogen (secondary N) is 1. The van der Waals surface area contributed by atoms with E-state index in [-0.39, 0.29) is 5.95 Å². The number of hydrogen-bond donors (Lipinski definition) is 2. The Morgan fingerprint density at radius 2 is 2.05 bits per heavy atom. The van der Waals surface area contributed by atoms with Gasteiger partial charge in [-0.05, 0) is 17.7 Å². The van der Waals surface area contributed by atoms with Crippen LogP contribution in [0, 0.1) is 0 Å². The summed E-state index contributed by atoms with van der Waals surface area (Å²) in [6, 6.07) is 7.83. The summed E-state index contributed by atoms with van der Waals surface area (Å²) < 4.78 is 7.08. The second kappa shape index (κ2) is 4.97. The molecule has 3 rings (SSSR count). The topological polar surface area (TPSA) is 80.7 Å². The molecule has 2 heterocycles. The number of aromatic amines is 1. The van der Waals surface area contributed by atoms with Crippen LogP contribution in [-0.2, 0) is 6.54 Å². The molecule has 0 saturated carbocycles. The molecule has 102 valence electrons. The summed E-state index contributed by atoms with van der Waals surface area (Å²) in [6.07, 6.45) is 1.80. The van der Waals surface area contributed by atoms with Gasteiger partial charge in [0.05, 0.1) is 7.11 Å². The van der Waals surface area contributed by atoms with E-state index >= 15 is 0 Å². The number of H-pyrrole nitrogens is 1. The fourth-order valence-corrected chi connectivity index (χ4v) is 2.34. The first-order valence-electron chi connectivity index (χ1n) is 6.00. The maximum Gasteiger partial charge on any atom is 0.272 e. The van der Waals surface area contributed by atoms with Crippen LogP contribution in [0.1, 0.15) is 5.56 Å². The SMILES string of the molecule is COc1ccc(C[n+]2c[nH]c3nc(N)nc(Cl)c32)cc1. The van der Waals surface area contributed by atoms with Crippen molar-refractivity contribution in [3.63, 3.8) is 0 Å². The lowest BCUT2D eigenvalue weighted by Crippen LogP contribution is -2.32. The predicted octanol–water partition coefficient (Wildman–Crippen LogP) is 1.54. The Labute approximate surface area is 120 Å². The molecule has 2 aromatic heterocycles. The molecule has 0 aliphatic heterocycles. The standard InChI is InChI=1S/C13H12ClN5O/c1-20-9-4-2-8(3-5-9)6-19-7-16-12-10(19)11(14)17-13(15)18-12/h2-5,7H,6H2,1H3,(H2,15,17,18)/p+1. The third-order valence-corrected chi connectivity index (χ3v) is 3.28. The van der Waals surface area contributed by atoms with E-state index < -0.39 is 0 Å². The maximum atomic E-state index is 6.13. The molecular weight excluding hydrogens is 278 g/mol. The third-order valence-electron chi connectivity index (χ3n) is 3.02. The van der Waals surface area contributed by atoms with Gasteiger partial charge < -0.3 is 10.5 Å². The highest BCUT2D eigenvalue weighted by atomic mass is 35.5. The van der Waals surface area contributed by atoms with Gasteiger partial charge in [-0.2, -0.15) is 9.97 Å². The Morgan fingerprint density at radius 1 is 1.30 bits per heavy atom. The first-order chi connectivity index (χ1) is 9.67. The summed E-state index contributed by atoms with van der Waals surface area (Å²) in [4.78, 5) is 11.1. The molecule has 0 amide bonds. The minimum Gasteiger partial charge on any atom is -0.497 e. The van der Waals surface area contributed by atoms with Crippen LogP contribution in [-0.4, -0.2) is 22.1 Å². The van der Waals surface area contributed by atoms with Crippen molar-refractivity contribution in [3.05, 3.63) is 41.3 Å². The highest BCUT2D eigenvalue weighted by Crippen LogP contribution is 2.17. The molecule has 3 aromatic rings. The van der Waals surface area contributed by atoms with Crippen LogP contribution >= 0.6 is 11.6 Å². The van der Waals surface area contributed by atoms with Gasteiger partial charge >= 0.3 is 0 Å². The highest BCUT2D eigenvalue weighted by molar-refractivity contribution is 6.33. The number of fused-ring (bicyclic) bond motifs is 1. The summed E-state index contributed by atoms with van der Waals surface area (Å²) in [6.45, 7) is 0.650. The number of imidazole rings is 1. The summed E-state index contributed by atoms with van der Waals surface area (Å²) >= 11 is 6.13. The monoisotopic (exact) mass is 290 g/mol. The van der Waals surface area contributed by atoms with Crippen molar-refractivity contribution >= 4 is 28.7 Å². The summed E-state index contributed by atoms with van der Waals surface area (Å²) in [5, 5.41) is 0.335. The van der Waals surface area contributed by atoms with E-state index in [0.29, 0.717) is 17.3 Å². The van der Waals surface area contributed by atoms with Gasteiger partial charge in [0, 0.05) is 0 Å². The quantitative estimate of drug-likeness (QED) is 0.566. The lowest BCUT2D eigenvalue weighted by Gasteiger charge is -2.02. The van der Waals surface area contributed by atoms with Gasteiger partial charge in [0.25, 0.3) is 5.65 Å². The molecule has 0 radical (unpaired) electrons. The van der Waals surface area contributed by atoms with Crippen LogP contribution in [0.3, 0.4) is 0 Å². The van der Waals surface area contributed by atoms with E-state index in [4.69, 9.17) is 22.1 Å². The Hall–Kier alpha value is -2.34. The average Bonchev–Trinajstić information content (AvgIpc) is 2.82. The lowest BCUT2D eigenvalue weighted by molar-refractivity contribution is -0.662. The number of ether oxygens (including phenoxy) is 1. The number of halogens is 1. The molecule has 7 heteroatoms. The fourth-order valence-electron chi connectivity index (χ4n) is 2.05. The van der Waals surface area contributed by atoms with E-state index in [9.17, 15) is 0 Å². The van der Waals surface area contributed by atoms with Gasteiger partial charge in [0.1, 0.15) is 12.3 Å². The molecule has 0 unspecified atom stereocenters. The summed E-state index contributed by atoms with van der Waals surface area (Å²) in [5.41, 5.74) is 8.04. The van der Waals surface area contributed by atoms with E-state index in [1.165, 1.54) is 0 Å². The van der Waals surface area contributed by atoms with E-state index in [2.05, 4.69) is 15.0 Å². The minimum atomic E-state index is 0.154. The number of nitrogens with zero attached hydrogens (tertiary/aromatic N) is 3. The van der Waals surface area contributed by atoms with Crippen LogP contribution in [0.25, 0.3) is 11.2 Å². The molecule has 0 saturated heterocycles.